The summed E-state index contributed by atoms with van der Waals surface area (Å²) < 4.78 is 0. The van der Waals surface area contributed by atoms with Crippen LogP contribution in [0.5, 0.6) is 0 Å². The lowest BCUT2D eigenvalue weighted by Crippen LogP contribution is -1.86. The molecule has 33 heavy (non-hydrogen) atoms. The number of hydrogen-bond acceptors (Lipinski definition) is 3. The van der Waals surface area contributed by atoms with Gasteiger partial charge in [-0.05, 0) is 37.4 Å². The summed E-state index contributed by atoms with van der Waals surface area (Å²) in [6, 6.07) is 22.7. The first-order chi connectivity index (χ1) is 16.3. The first-order valence-electron chi connectivity index (χ1n) is 10.9. The number of aromatic nitrogens is 4. The van der Waals surface area contributed by atoms with Crippen LogP contribution in [-0.4, -0.2) is 26.7 Å². The molecule has 6 aromatic rings. The Labute approximate surface area is 190 Å². The van der Waals surface area contributed by atoms with Crippen LogP contribution in [0.25, 0.3) is 61.6 Å². The first-order valence-corrected chi connectivity index (χ1v) is 10.9. The molecular weight excluding hydrogens is 406 g/mol. The van der Waals surface area contributed by atoms with E-state index in [0.717, 1.165) is 66.7 Å². The van der Waals surface area contributed by atoms with Crippen LogP contribution in [-0.2, 0) is 0 Å². The van der Waals surface area contributed by atoms with Crippen LogP contribution in [0.15, 0.2) is 84.0 Å². The highest BCUT2D eigenvalue weighted by Crippen LogP contribution is 2.41. The van der Waals surface area contributed by atoms with Gasteiger partial charge in [-0.15, -0.1) is 0 Å². The standard InChI is InChI=1S/C28H21N5/c1-3-10-19-24(29-2)25-20(14-9-16-30-25)27-26(19)32-28(33-27)22-18-13-7-8-15-21(18)31-23(22)17-11-5-4-6-12-17/h3-16,31H,2H2,1H3,(H,32,33)/b10-3-. The molecule has 0 atom stereocenters. The third kappa shape index (κ3) is 2.90. The molecule has 0 saturated carbocycles. The van der Waals surface area contributed by atoms with Gasteiger partial charge in [-0.25, -0.2) is 4.98 Å². The largest absolute Gasteiger partial charge is 0.354 e. The molecule has 5 nitrogen and oxygen atoms in total. The van der Waals surface area contributed by atoms with Crippen LogP contribution in [0.2, 0.25) is 0 Å². The maximum Gasteiger partial charge on any atom is 0.141 e. The summed E-state index contributed by atoms with van der Waals surface area (Å²) in [5.74, 6) is 0.804. The second-order valence-corrected chi connectivity index (χ2v) is 7.92. The van der Waals surface area contributed by atoms with E-state index in [9.17, 15) is 0 Å². The van der Waals surface area contributed by atoms with E-state index in [4.69, 9.17) is 4.98 Å². The number of hydrogen-bond donors (Lipinski definition) is 2. The molecule has 3 aromatic carbocycles. The van der Waals surface area contributed by atoms with Crippen LogP contribution in [0.3, 0.4) is 0 Å². The number of nitrogens with zero attached hydrogens (tertiary/aromatic N) is 3. The third-order valence-electron chi connectivity index (χ3n) is 6.01. The summed E-state index contributed by atoms with van der Waals surface area (Å²) in [5.41, 5.74) is 8.53. The summed E-state index contributed by atoms with van der Waals surface area (Å²) in [7, 11) is 0. The van der Waals surface area contributed by atoms with Crippen molar-refractivity contribution in [1.82, 2.24) is 19.9 Å². The Morgan fingerprint density at radius 2 is 1.67 bits per heavy atom. The van der Waals surface area contributed by atoms with Gasteiger partial charge in [0, 0.05) is 28.0 Å². The van der Waals surface area contributed by atoms with Gasteiger partial charge in [0.25, 0.3) is 0 Å². The first kappa shape index (κ1) is 19.2. The van der Waals surface area contributed by atoms with Gasteiger partial charge in [-0.1, -0.05) is 60.7 Å². The molecule has 2 N–H and O–H groups in total. The molecule has 0 radical (unpaired) electrons. The number of para-hydroxylation sites is 1. The Morgan fingerprint density at radius 3 is 2.48 bits per heavy atom. The van der Waals surface area contributed by atoms with E-state index >= 15 is 0 Å². The average Bonchev–Trinajstić information content (AvgIpc) is 3.47. The second kappa shape index (κ2) is 7.57. The van der Waals surface area contributed by atoms with Crippen LogP contribution in [0.1, 0.15) is 12.5 Å². The lowest BCUT2D eigenvalue weighted by atomic mass is 10.0. The predicted octanol–water partition coefficient (Wildman–Crippen LogP) is 7.29. The number of pyridine rings is 1. The van der Waals surface area contributed by atoms with E-state index in [-0.39, 0.29) is 0 Å². The fraction of sp³-hybridized carbons (Fsp3) is 0.0357. The average molecular weight is 428 g/mol. The van der Waals surface area contributed by atoms with Gasteiger partial charge < -0.3 is 9.97 Å². The third-order valence-corrected chi connectivity index (χ3v) is 6.01. The van der Waals surface area contributed by atoms with Gasteiger partial charge in [0.15, 0.2) is 0 Å². The van der Waals surface area contributed by atoms with Gasteiger partial charge in [0.2, 0.25) is 0 Å². The summed E-state index contributed by atoms with van der Waals surface area (Å²) in [5, 5.41) is 2.09. The highest BCUT2D eigenvalue weighted by atomic mass is 14.9. The van der Waals surface area contributed by atoms with Crippen molar-refractivity contribution in [3.63, 3.8) is 0 Å². The van der Waals surface area contributed by atoms with Crippen molar-refractivity contribution in [1.29, 1.82) is 0 Å². The van der Waals surface area contributed by atoms with Crippen molar-refractivity contribution in [2.45, 2.75) is 6.92 Å². The number of aliphatic imine (C=N–C) groups is 1. The lowest BCUT2D eigenvalue weighted by molar-refractivity contribution is 1.34. The molecule has 3 aromatic heterocycles. The zero-order valence-electron chi connectivity index (χ0n) is 18.1. The van der Waals surface area contributed by atoms with Crippen molar-refractivity contribution in [2.24, 2.45) is 4.99 Å². The van der Waals surface area contributed by atoms with E-state index in [1.54, 1.807) is 6.20 Å². The molecule has 0 aliphatic carbocycles. The van der Waals surface area contributed by atoms with Gasteiger partial charge >= 0.3 is 0 Å². The Kier molecular flexibility index (Phi) is 4.40. The number of allylic oxidation sites excluding steroid dienone is 1. The van der Waals surface area contributed by atoms with Crippen molar-refractivity contribution in [3.8, 4) is 22.6 Å². The Hall–Kier alpha value is -4.51. The van der Waals surface area contributed by atoms with Crippen LogP contribution in [0.4, 0.5) is 5.69 Å². The number of fused-ring (bicyclic) bond motifs is 4. The molecule has 3 heterocycles. The van der Waals surface area contributed by atoms with Gasteiger partial charge in [0.1, 0.15) is 5.82 Å². The molecule has 0 unspecified atom stereocenters. The van der Waals surface area contributed by atoms with E-state index in [2.05, 4.69) is 69.1 Å². The van der Waals surface area contributed by atoms with Gasteiger partial charge in [-0.3, -0.25) is 9.98 Å². The monoisotopic (exact) mass is 427 g/mol. The molecule has 0 saturated heterocycles. The minimum Gasteiger partial charge on any atom is -0.354 e. The number of aromatic amines is 2. The molecule has 6 rings (SSSR count). The summed E-state index contributed by atoms with van der Waals surface area (Å²) >= 11 is 0. The summed E-state index contributed by atoms with van der Waals surface area (Å²) in [6.45, 7) is 5.80. The van der Waals surface area contributed by atoms with Gasteiger partial charge in [0.05, 0.1) is 33.5 Å². The van der Waals surface area contributed by atoms with E-state index in [1.165, 1.54) is 0 Å². The fourth-order valence-electron chi connectivity index (χ4n) is 4.61. The quantitative estimate of drug-likeness (QED) is 0.290. The Balaban J connectivity index is 1.75. The molecule has 0 fully saturated rings. The van der Waals surface area contributed by atoms with Crippen molar-refractivity contribution in [2.75, 3.05) is 0 Å². The Bertz CT molecular complexity index is 1690. The Morgan fingerprint density at radius 1 is 0.879 bits per heavy atom. The van der Waals surface area contributed by atoms with E-state index < -0.39 is 0 Å². The molecular formula is C28H21N5. The van der Waals surface area contributed by atoms with Crippen molar-refractivity contribution in [3.05, 3.63) is 84.6 Å². The van der Waals surface area contributed by atoms with E-state index in [0.29, 0.717) is 0 Å². The normalized spacial score (nSPS) is 11.8. The number of rotatable bonds is 4. The SMILES string of the molecule is C=Nc1c(/C=C\C)c2nc(-c3c(-c4ccccc4)[nH]c4ccccc34)[nH]c2c2cccnc12. The van der Waals surface area contributed by atoms with E-state index in [1.807, 2.05) is 43.3 Å². The molecule has 0 bridgehead atoms. The molecule has 0 aliphatic heterocycles. The van der Waals surface area contributed by atoms with Crippen molar-refractivity contribution >= 4 is 51.3 Å². The predicted molar refractivity (Wildman–Crippen MR) is 138 cm³/mol. The minimum absolute atomic E-state index is 0.747. The number of benzene rings is 3. The molecule has 158 valence electrons. The second-order valence-electron chi connectivity index (χ2n) is 7.92. The molecule has 5 heteroatoms. The van der Waals surface area contributed by atoms with Crippen LogP contribution >= 0.6 is 0 Å². The minimum atomic E-state index is 0.747. The van der Waals surface area contributed by atoms with Crippen molar-refractivity contribution < 1.29 is 0 Å². The van der Waals surface area contributed by atoms with Crippen LogP contribution < -0.4 is 0 Å². The smallest absolute Gasteiger partial charge is 0.141 e. The number of imidazole rings is 1. The highest BCUT2D eigenvalue weighted by Gasteiger charge is 2.21. The zero-order chi connectivity index (χ0) is 22.4. The maximum absolute atomic E-state index is 5.13. The maximum atomic E-state index is 5.13. The summed E-state index contributed by atoms with van der Waals surface area (Å²) in [4.78, 5) is 21.3. The fourth-order valence-corrected chi connectivity index (χ4v) is 4.61. The van der Waals surface area contributed by atoms with Crippen LogP contribution in [0, 0.1) is 0 Å². The molecule has 0 aliphatic rings. The van der Waals surface area contributed by atoms with Gasteiger partial charge in [-0.2, -0.15) is 0 Å². The number of nitrogens with one attached hydrogen (secondary N) is 2. The number of H-pyrrole nitrogens is 2. The molecule has 0 spiro atoms. The summed E-state index contributed by atoms with van der Waals surface area (Å²) in [6.07, 6.45) is 5.80. The molecule has 0 amide bonds. The highest BCUT2D eigenvalue weighted by molar-refractivity contribution is 6.14. The zero-order valence-corrected chi connectivity index (χ0v) is 18.1. The lowest BCUT2D eigenvalue weighted by Gasteiger charge is -2.06. The topological polar surface area (TPSA) is 69.7 Å².